The van der Waals surface area contributed by atoms with Gasteiger partial charge in [-0.25, -0.2) is 0 Å². The molecule has 1 N–H and O–H groups in total. The maximum Gasteiger partial charge on any atom is 0.227 e. The molecule has 1 saturated carbocycles. The minimum atomic E-state index is -0.00988. The van der Waals surface area contributed by atoms with Crippen molar-refractivity contribution in [2.45, 2.75) is 32.3 Å². The summed E-state index contributed by atoms with van der Waals surface area (Å²) in [6.45, 7) is 1.94. The first-order valence-corrected chi connectivity index (χ1v) is 8.35. The van der Waals surface area contributed by atoms with Crippen molar-refractivity contribution < 1.29 is 14.3 Å². The molecule has 1 aliphatic carbocycles. The average Bonchev–Trinajstić information content (AvgIpc) is 3.40. The molecule has 0 spiro atoms. The topological polar surface area (TPSA) is 58.6 Å². The number of piperidine rings is 1. The number of benzene rings is 1. The summed E-state index contributed by atoms with van der Waals surface area (Å²) in [5.41, 5.74) is 1.84. The zero-order valence-electron chi connectivity index (χ0n) is 13.6. The van der Waals surface area contributed by atoms with Crippen LogP contribution in [-0.4, -0.2) is 36.9 Å². The van der Waals surface area contributed by atoms with Crippen LogP contribution in [0.2, 0.25) is 0 Å². The lowest BCUT2D eigenvalue weighted by Crippen LogP contribution is -2.42. The van der Waals surface area contributed by atoms with E-state index < -0.39 is 0 Å². The predicted octanol–water partition coefficient (Wildman–Crippen LogP) is 2.42. The Bertz CT molecular complexity index is 575. The highest BCUT2D eigenvalue weighted by Crippen LogP contribution is 2.32. The maximum atomic E-state index is 12.4. The quantitative estimate of drug-likeness (QED) is 0.907. The number of ether oxygens (including phenoxy) is 1. The van der Waals surface area contributed by atoms with Gasteiger partial charge in [0.1, 0.15) is 0 Å². The molecule has 0 aromatic heterocycles. The molecular weight excluding hydrogens is 292 g/mol. The van der Waals surface area contributed by atoms with Gasteiger partial charge in [0.15, 0.2) is 0 Å². The van der Waals surface area contributed by atoms with E-state index in [0.717, 1.165) is 36.9 Å². The Balaban J connectivity index is 1.51. The number of anilines is 1. The van der Waals surface area contributed by atoms with Crippen molar-refractivity contribution in [3.05, 3.63) is 29.8 Å². The second-order valence-electron chi connectivity index (χ2n) is 6.50. The van der Waals surface area contributed by atoms with E-state index in [-0.39, 0.29) is 23.7 Å². The highest BCUT2D eigenvalue weighted by atomic mass is 16.5. The first-order valence-electron chi connectivity index (χ1n) is 8.35. The number of nitrogens with one attached hydrogen (secondary N) is 1. The van der Waals surface area contributed by atoms with E-state index in [1.807, 2.05) is 29.2 Å². The molecule has 23 heavy (non-hydrogen) atoms. The van der Waals surface area contributed by atoms with Crippen LogP contribution in [0.4, 0.5) is 5.69 Å². The molecule has 1 aromatic rings. The molecule has 124 valence electrons. The fourth-order valence-electron chi connectivity index (χ4n) is 3.10. The summed E-state index contributed by atoms with van der Waals surface area (Å²) < 4.78 is 5.11. The van der Waals surface area contributed by atoms with E-state index in [4.69, 9.17) is 4.74 Å². The molecular formula is C18H24N2O3. The molecule has 1 aromatic carbocycles. The molecule has 0 atom stereocenters. The van der Waals surface area contributed by atoms with Gasteiger partial charge in [-0.05, 0) is 43.4 Å². The lowest BCUT2D eigenvalue weighted by molar-refractivity contribution is -0.135. The number of hydrogen-bond acceptors (Lipinski definition) is 3. The van der Waals surface area contributed by atoms with Crippen LogP contribution in [0.3, 0.4) is 0 Å². The zero-order chi connectivity index (χ0) is 16.2. The summed E-state index contributed by atoms with van der Waals surface area (Å²) in [5.74, 6) is 0.599. The molecule has 3 rings (SSSR count). The van der Waals surface area contributed by atoms with Gasteiger partial charge in [0.05, 0.1) is 6.61 Å². The summed E-state index contributed by atoms with van der Waals surface area (Å²) >= 11 is 0. The largest absolute Gasteiger partial charge is 0.380 e. The Kier molecular flexibility index (Phi) is 4.96. The lowest BCUT2D eigenvalue weighted by atomic mass is 9.95. The Morgan fingerprint density at radius 3 is 2.57 bits per heavy atom. The molecule has 2 aliphatic rings. The van der Waals surface area contributed by atoms with Crippen molar-refractivity contribution >= 4 is 17.5 Å². The van der Waals surface area contributed by atoms with E-state index in [1.165, 1.54) is 0 Å². The summed E-state index contributed by atoms with van der Waals surface area (Å²) in [7, 11) is 1.65. The van der Waals surface area contributed by atoms with E-state index in [1.54, 1.807) is 7.11 Å². The Morgan fingerprint density at radius 1 is 1.17 bits per heavy atom. The van der Waals surface area contributed by atoms with Crippen LogP contribution in [0.15, 0.2) is 24.3 Å². The zero-order valence-corrected chi connectivity index (χ0v) is 13.6. The van der Waals surface area contributed by atoms with Gasteiger partial charge in [-0.2, -0.15) is 0 Å². The third-order valence-corrected chi connectivity index (χ3v) is 4.61. The molecule has 2 fully saturated rings. The van der Waals surface area contributed by atoms with Gasteiger partial charge in [-0.3, -0.25) is 9.59 Å². The highest BCUT2D eigenvalue weighted by molar-refractivity contribution is 5.92. The average molecular weight is 316 g/mol. The van der Waals surface area contributed by atoms with Gasteiger partial charge in [-0.15, -0.1) is 0 Å². The number of hydrogen-bond donors (Lipinski definition) is 1. The Morgan fingerprint density at radius 2 is 1.91 bits per heavy atom. The van der Waals surface area contributed by atoms with Crippen LogP contribution in [-0.2, 0) is 20.9 Å². The van der Waals surface area contributed by atoms with Crippen molar-refractivity contribution in [2.75, 3.05) is 25.5 Å². The minimum Gasteiger partial charge on any atom is -0.380 e. The lowest BCUT2D eigenvalue weighted by Gasteiger charge is -2.31. The highest BCUT2D eigenvalue weighted by Gasteiger charge is 2.35. The first-order chi connectivity index (χ1) is 11.2. The SMILES string of the molecule is COCc1cccc(NC(=O)C2CCN(C(=O)C3CC3)CC2)c1. The first kappa shape index (κ1) is 16.0. The van der Waals surface area contributed by atoms with Crippen LogP contribution in [0, 0.1) is 11.8 Å². The number of nitrogens with zero attached hydrogens (tertiary/aromatic N) is 1. The number of rotatable bonds is 5. The van der Waals surface area contributed by atoms with Crippen molar-refractivity contribution in [2.24, 2.45) is 11.8 Å². The van der Waals surface area contributed by atoms with E-state index in [2.05, 4.69) is 5.32 Å². The number of methoxy groups -OCH3 is 1. The molecule has 0 radical (unpaired) electrons. The van der Waals surface area contributed by atoms with Crippen LogP contribution in [0.25, 0.3) is 0 Å². The minimum absolute atomic E-state index is 0.00988. The molecule has 0 bridgehead atoms. The third-order valence-electron chi connectivity index (χ3n) is 4.61. The second-order valence-corrected chi connectivity index (χ2v) is 6.50. The van der Waals surface area contributed by atoms with Gasteiger partial charge < -0.3 is 15.0 Å². The van der Waals surface area contributed by atoms with Crippen molar-refractivity contribution in [1.29, 1.82) is 0 Å². The number of likely N-dealkylation sites (tertiary alicyclic amines) is 1. The number of amides is 2. The van der Waals surface area contributed by atoms with Gasteiger partial charge in [0.25, 0.3) is 0 Å². The molecule has 2 amide bonds. The van der Waals surface area contributed by atoms with Crippen LogP contribution < -0.4 is 5.32 Å². The Hall–Kier alpha value is -1.88. The van der Waals surface area contributed by atoms with E-state index >= 15 is 0 Å². The fourth-order valence-corrected chi connectivity index (χ4v) is 3.10. The third kappa shape index (κ3) is 4.10. The van der Waals surface area contributed by atoms with Gasteiger partial charge in [-0.1, -0.05) is 12.1 Å². The van der Waals surface area contributed by atoms with Gasteiger partial charge in [0.2, 0.25) is 11.8 Å². The summed E-state index contributed by atoms with van der Waals surface area (Å²) in [4.78, 5) is 26.4. The van der Waals surface area contributed by atoms with Crippen LogP contribution in [0.1, 0.15) is 31.2 Å². The van der Waals surface area contributed by atoms with Gasteiger partial charge >= 0.3 is 0 Å². The predicted molar refractivity (Wildman–Crippen MR) is 87.8 cm³/mol. The molecule has 1 heterocycles. The monoisotopic (exact) mass is 316 g/mol. The van der Waals surface area contributed by atoms with Gasteiger partial charge in [0, 0.05) is 37.7 Å². The van der Waals surface area contributed by atoms with Crippen molar-refractivity contribution in [3.63, 3.8) is 0 Å². The molecule has 1 saturated heterocycles. The van der Waals surface area contributed by atoms with Crippen molar-refractivity contribution in [1.82, 2.24) is 4.90 Å². The molecule has 0 unspecified atom stereocenters. The van der Waals surface area contributed by atoms with E-state index in [0.29, 0.717) is 19.7 Å². The number of carbonyl (C=O) groups excluding carboxylic acids is 2. The maximum absolute atomic E-state index is 12.4. The standard InChI is InChI=1S/C18H24N2O3/c1-23-12-13-3-2-4-16(11-13)19-17(21)14-7-9-20(10-8-14)18(22)15-5-6-15/h2-4,11,14-15H,5-10,12H2,1H3,(H,19,21). The molecule has 5 heteroatoms. The van der Waals surface area contributed by atoms with E-state index in [9.17, 15) is 9.59 Å². The normalized spacial score (nSPS) is 18.7. The summed E-state index contributed by atoms with van der Waals surface area (Å²) in [5, 5.41) is 2.99. The van der Waals surface area contributed by atoms with Crippen molar-refractivity contribution in [3.8, 4) is 0 Å². The smallest absolute Gasteiger partial charge is 0.227 e. The summed E-state index contributed by atoms with van der Waals surface area (Å²) in [6.07, 6.45) is 3.58. The second kappa shape index (κ2) is 7.13. The summed E-state index contributed by atoms with van der Waals surface area (Å²) in [6, 6.07) is 7.72. The van der Waals surface area contributed by atoms with Crippen LogP contribution in [0.5, 0.6) is 0 Å². The Labute approximate surface area is 137 Å². The number of carbonyl (C=O) groups is 2. The van der Waals surface area contributed by atoms with Crippen LogP contribution >= 0.6 is 0 Å². The molecule has 5 nitrogen and oxygen atoms in total. The fraction of sp³-hybridized carbons (Fsp3) is 0.556. The molecule has 1 aliphatic heterocycles.